The van der Waals surface area contributed by atoms with Gasteiger partial charge in [0.15, 0.2) is 11.5 Å². The zero-order valence-electron chi connectivity index (χ0n) is 16.3. The van der Waals surface area contributed by atoms with Crippen LogP contribution < -0.4 is 20.1 Å². The molecule has 1 aliphatic heterocycles. The first-order valence-corrected chi connectivity index (χ1v) is 10.2. The lowest BCUT2D eigenvalue weighted by Crippen LogP contribution is -2.35. The molecule has 7 heteroatoms. The SMILES string of the molecule is O=C(Nc1ccc2c(c1)OCCO2)c1cccc(C(=O)NC2CCCCCC2)n1. The Morgan fingerprint density at radius 1 is 0.862 bits per heavy atom. The van der Waals surface area contributed by atoms with Crippen molar-refractivity contribution >= 4 is 17.5 Å². The normalized spacial score (nSPS) is 16.6. The van der Waals surface area contributed by atoms with E-state index in [1.807, 2.05) is 0 Å². The van der Waals surface area contributed by atoms with E-state index >= 15 is 0 Å². The molecule has 4 rings (SSSR count). The fourth-order valence-corrected chi connectivity index (χ4v) is 3.69. The fourth-order valence-electron chi connectivity index (χ4n) is 3.69. The molecule has 1 saturated carbocycles. The monoisotopic (exact) mass is 395 g/mol. The fraction of sp³-hybridized carbons (Fsp3) is 0.409. The third-order valence-corrected chi connectivity index (χ3v) is 5.20. The third-order valence-electron chi connectivity index (χ3n) is 5.20. The van der Waals surface area contributed by atoms with Crippen LogP contribution in [0, 0.1) is 0 Å². The van der Waals surface area contributed by atoms with E-state index in [4.69, 9.17) is 9.47 Å². The number of nitrogens with zero attached hydrogens (tertiary/aromatic N) is 1. The Hall–Kier alpha value is -3.09. The summed E-state index contributed by atoms with van der Waals surface area (Å²) in [6.45, 7) is 0.989. The topological polar surface area (TPSA) is 89.5 Å². The summed E-state index contributed by atoms with van der Waals surface area (Å²) in [6, 6.07) is 10.3. The van der Waals surface area contributed by atoms with E-state index in [0.717, 1.165) is 25.7 Å². The highest BCUT2D eigenvalue weighted by molar-refractivity contribution is 6.04. The Morgan fingerprint density at radius 3 is 2.31 bits per heavy atom. The quantitative estimate of drug-likeness (QED) is 0.773. The van der Waals surface area contributed by atoms with Crippen molar-refractivity contribution in [3.8, 4) is 11.5 Å². The Morgan fingerprint density at radius 2 is 1.55 bits per heavy atom. The van der Waals surface area contributed by atoms with E-state index in [2.05, 4.69) is 15.6 Å². The molecular weight excluding hydrogens is 370 g/mol. The molecule has 0 spiro atoms. The van der Waals surface area contributed by atoms with E-state index in [0.29, 0.717) is 30.4 Å². The minimum absolute atomic E-state index is 0.182. The molecule has 1 aromatic carbocycles. The third kappa shape index (κ3) is 4.85. The molecule has 29 heavy (non-hydrogen) atoms. The van der Waals surface area contributed by atoms with Crippen LogP contribution in [0.4, 0.5) is 5.69 Å². The number of benzene rings is 1. The second kappa shape index (κ2) is 8.94. The number of pyridine rings is 1. The maximum atomic E-state index is 12.6. The molecular formula is C22H25N3O4. The molecule has 2 heterocycles. The van der Waals surface area contributed by atoms with Gasteiger partial charge in [-0.1, -0.05) is 31.7 Å². The summed E-state index contributed by atoms with van der Waals surface area (Å²) in [4.78, 5) is 29.5. The number of carbonyl (C=O) groups excluding carboxylic acids is 2. The van der Waals surface area contributed by atoms with Crippen LogP contribution in [-0.4, -0.2) is 36.1 Å². The maximum absolute atomic E-state index is 12.6. The van der Waals surface area contributed by atoms with Crippen molar-refractivity contribution in [3.63, 3.8) is 0 Å². The van der Waals surface area contributed by atoms with Crippen molar-refractivity contribution in [2.45, 2.75) is 44.6 Å². The largest absolute Gasteiger partial charge is 0.486 e. The predicted molar refractivity (Wildman–Crippen MR) is 109 cm³/mol. The van der Waals surface area contributed by atoms with Gasteiger partial charge >= 0.3 is 0 Å². The minimum Gasteiger partial charge on any atom is -0.486 e. The van der Waals surface area contributed by atoms with Crippen molar-refractivity contribution < 1.29 is 19.1 Å². The number of aromatic nitrogens is 1. The number of ether oxygens (including phenoxy) is 2. The Balaban J connectivity index is 1.42. The van der Waals surface area contributed by atoms with Crippen molar-refractivity contribution in [2.75, 3.05) is 18.5 Å². The summed E-state index contributed by atoms with van der Waals surface area (Å²) >= 11 is 0. The highest BCUT2D eigenvalue weighted by Gasteiger charge is 2.18. The van der Waals surface area contributed by atoms with Crippen LogP contribution in [0.3, 0.4) is 0 Å². The summed E-state index contributed by atoms with van der Waals surface area (Å²) < 4.78 is 11.0. The first-order chi connectivity index (χ1) is 14.2. The molecule has 0 unspecified atom stereocenters. The summed E-state index contributed by atoms with van der Waals surface area (Å²) in [5.41, 5.74) is 1.02. The number of nitrogens with one attached hydrogen (secondary N) is 2. The zero-order valence-corrected chi connectivity index (χ0v) is 16.3. The highest BCUT2D eigenvalue weighted by Crippen LogP contribution is 2.32. The van der Waals surface area contributed by atoms with Gasteiger partial charge in [-0.15, -0.1) is 0 Å². The lowest BCUT2D eigenvalue weighted by molar-refractivity contribution is 0.0928. The molecule has 2 amide bonds. The van der Waals surface area contributed by atoms with E-state index in [1.54, 1.807) is 36.4 Å². The molecule has 1 aromatic heterocycles. The van der Waals surface area contributed by atoms with Gasteiger partial charge in [0.1, 0.15) is 24.6 Å². The smallest absolute Gasteiger partial charge is 0.274 e. The first-order valence-electron chi connectivity index (χ1n) is 10.2. The number of amides is 2. The molecule has 2 aromatic rings. The van der Waals surface area contributed by atoms with Gasteiger partial charge in [0.2, 0.25) is 0 Å². The Bertz CT molecular complexity index is 891. The average Bonchev–Trinajstić information content (AvgIpc) is 3.02. The van der Waals surface area contributed by atoms with Crippen LogP contribution in [0.25, 0.3) is 0 Å². The molecule has 0 bridgehead atoms. The van der Waals surface area contributed by atoms with E-state index in [-0.39, 0.29) is 29.2 Å². The molecule has 7 nitrogen and oxygen atoms in total. The van der Waals surface area contributed by atoms with Gasteiger partial charge in [-0.2, -0.15) is 0 Å². The van der Waals surface area contributed by atoms with Crippen molar-refractivity contribution in [3.05, 3.63) is 47.8 Å². The molecule has 152 valence electrons. The molecule has 0 radical (unpaired) electrons. The number of anilines is 1. The standard InChI is InChI=1S/C22H25N3O4/c26-21(23-15-6-3-1-2-4-7-15)17-8-5-9-18(25-17)22(27)24-16-10-11-19-20(14-16)29-13-12-28-19/h5,8-11,14-15H,1-4,6-7,12-13H2,(H,23,26)(H,24,27). The number of rotatable bonds is 4. The van der Waals surface area contributed by atoms with Gasteiger partial charge in [0.25, 0.3) is 11.8 Å². The lowest BCUT2D eigenvalue weighted by atomic mass is 10.1. The summed E-state index contributed by atoms with van der Waals surface area (Å²) in [5, 5.41) is 5.86. The minimum atomic E-state index is -0.384. The Labute approximate surface area is 169 Å². The number of hydrogen-bond acceptors (Lipinski definition) is 5. The van der Waals surface area contributed by atoms with Gasteiger partial charge in [-0.3, -0.25) is 9.59 Å². The van der Waals surface area contributed by atoms with Gasteiger partial charge in [0, 0.05) is 17.8 Å². The first kappa shape index (κ1) is 19.2. The van der Waals surface area contributed by atoms with Gasteiger partial charge in [-0.05, 0) is 37.1 Å². The van der Waals surface area contributed by atoms with Crippen molar-refractivity contribution in [1.82, 2.24) is 10.3 Å². The van der Waals surface area contributed by atoms with Gasteiger partial charge < -0.3 is 20.1 Å². The number of carbonyl (C=O) groups is 2. The molecule has 2 aliphatic rings. The van der Waals surface area contributed by atoms with Gasteiger partial charge in [0.05, 0.1) is 0 Å². The van der Waals surface area contributed by atoms with E-state index < -0.39 is 0 Å². The summed E-state index contributed by atoms with van der Waals surface area (Å²) in [6.07, 6.45) is 6.71. The highest BCUT2D eigenvalue weighted by atomic mass is 16.6. The lowest BCUT2D eigenvalue weighted by Gasteiger charge is -2.19. The van der Waals surface area contributed by atoms with Crippen LogP contribution in [0.1, 0.15) is 59.5 Å². The van der Waals surface area contributed by atoms with Crippen LogP contribution >= 0.6 is 0 Å². The molecule has 0 saturated heterocycles. The molecule has 2 N–H and O–H groups in total. The van der Waals surface area contributed by atoms with Crippen molar-refractivity contribution in [2.24, 2.45) is 0 Å². The van der Waals surface area contributed by atoms with Crippen LogP contribution in [0.15, 0.2) is 36.4 Å². The average molecular weight is 395 g/mol. The van der Waals surface area contributed by atoms with E-state index in [9.17, 15) is 9.59 Å². The second-order valence-corrected chi connectivity index (χ2v) is 7.38. The van der Waals surface area contributed by atoms with Crippen molar-refractivity contribution in [1.29, 1.82) is 0 Å². The predicted octanol–water partition coefficient (Wildman–Crippen LogP) is 3.56. The van der Waals surface area contributed by atoms with E-state index in [1.165, 1.54) is 12.8 Å². The summed E-state index contributed by atoms with van der Waals surface area (Å²) in [7, 11) is 0. The molecule has 1 aliphatic carbocycles. The molecule has 0 atom stereocenters. The maximum Gasteiger partial charge on any atom is 0.274 e. The summed E-state index contributed by atoms with van der Waals surface area (Å²) in [5.74, 6) is 0.639. The molecule has 1 fully saturated rings. The van der Waals surface area contributed by atoms with Crippen LogP contribution in [-0.2, 0) is 0 Å². The second-order valence-electron chi connectivity index (χ2n) is 7.38. The Kier molecular flexibility index (Phi) is 5.93. The number of fused-ring (bicyclic) bond motifs is 1. The van der Waals surface area contributed by atoms with Crippen LogP contribution in [0.5, 0.6) is 11.5 Å². The van der Waals surface area contributed by atoms with Gasteiger partial charge in [-0.25, -0.2) is 4.98 Å². The van der Waals surface area contributed by atoms with Crippen LogP contribution in [0.2, 0.25) is 0 Å². The zero-order chi connectivity index (χ0) is 20.1. The number of hydrogen-bond donors (Lipinski definition) is 2.